The number of nitrogens with one attached hydrogen (secondary N) is 1. The Morgan fingerprint density at radius 1 is 1.48 bits per heavy atom. The van der Waals surface area contributed by atoms with Crippen molar-refractivity contribution in [2.45, 2.75) is 39.8 Å². The van der Waals surface area contributed by atoms with Crippen LogP contribution >= 0.6 is 8.15 Å². The first kappa shape index (κ1) is 17.9. The zero-order chi connectivity index (χ0) is 16.0. The Hall–Kier alpha value is -1.18. The smallest absolute Gasteiger partial charge is 0.0606 e. The molecule has 0 amide bonds. The van der Waals surface area contributed by atoms with E-state index >= 15 is 0 Å². The van der Waals surface area contributed by atoms with E-state index in [1.807, 2.05) is 32.6 Å². The number of pyridine rings is 1. The van der Waals surface area contributed by atoms with E-state index in [-0.39, 0.29) is 5.66 Å². The number of aryl methyl sites for hydroxylation is 2. The van der Waals surface area contributed by atoms with Crippen molar-refractivity contribution in [2.24, 2.45) is 0 Å². The minimum absolute atomic E-state index is 0.129. The summed E-state index contributed by atoms with van der Waals surface area (Å²) < 4.78 is 0. The molecule has 0 bridgehead atoms. The lowest BCUT2D eigenvalue weighted by molar-refractivity contribution is 0.619. The number of anilines is 1. The van der Waals surface area contributed by atoms with E-state index in [1.54, 1.807) is 0 Å². The molecule has 0 aliphatic rings. The average Bonchev–Trinajstić information content (AvgIpc) is 2.40. The molecule has 0 aromatic carbocycles. The highest BCUT2D eigenvalue weighted by atomic mass is 31.1. The van der Waals surface area contributed by atoms with Gasteiger partial charge < -0.3 is 10.2 Å². The van der Waals surface area contributed by atoms with E-state index in [1.165, 1.54) is 5.57 Å². The summed E-state index contributed by atoms with van der Waals surface area (Å²) in [5, 5.41) is 3.42. The quantitative estimate of drug-likeness (QED) is 0.579. The van der Waals surface area contributed by atoms with Crippen molar-refractivity contribution in [3.63, 3.8) is 0 Å². The number of nitrogens with zero attached hydrogens (tertiary/aromatic N) is 1. The molecule has 116 valence electrons. The Morgan fingerprint density at radius 3 is 2.67 bits per heavy atom. The van der Waals surface area contributed by atoms with Crippen LogP contribution in [0.15, 0.2) is 35.9 Å². The molecule has 2 N–H and O–H groups in total. The van der Waals surface area contributed by atoms with Crippen LogP contribution in [0, 0.1) is 13.8 Å². The van der Waals surface area contributed by atoms with Gasteiger partial charge in [-0.3, -0.25) is 4.98 Å². The predicted octanol–water partition coefficient (Wildman–Crippen LogP) is 4.41. The number of allylic oxidation sites excluding steroid dienone is 2. The van der Waals surface area contributed by atoms with Crippen LogP contribution in [-0.2, 0) is 0 Å². The Bertz CT molecular complexity index is 524. The van der Waals surface area contributed by atoms with Crippen LogP contribution in [0.4, 0.5) is 5.69 Å². The predicted molar refractivity (Wildman–Crippen MR) is 94.2 cm³/mol. The first-order valence-electron chi connectivity index (χ1n) is 7.31. The Labute approximate surface area is 130 Å². The molecule has 1 aromatic rings. The monoisotopic (exact) mass is 306 g/mol. The van der Waals surface area contributed by atoms with Gasteiger partial charge in [0.1, 0.15) is 0 Å². The molecular formula is C17H27N2OP. The number of hydrogen-bond donors (Lipinski definition) is 2. The van der Waals surface area contributed by atoms with E-state index in [0.717, 1.165) is 29.1 Å². The zero-order valence-corrected chi connectivity index (χ0v) is 14.7. The second kappa shape index (κ2) is 8.31. The summed E-state index contributed by atoms with van der Waals surface area (Å²) >= 11 is 0. The van der Waals surface area contributed by atoms with E-state index in [0.29, 0.717) is 6.54 Å². The molecule has 21 heavy (non-hydrogen) atoms. The lowest BCUT2D eigenvalue weighted by atomic mass is 10.1. The van der Waals surface area contributed by atoms with Gasteiger partial charge in [0.05, 0.1) is 11.4 Å². The fourth-order valence-electron chi connectivity index (χ4n) is 2.19. The molecule has 0 saturated heterocycles. The third-order valence-electron chi connectivity index (χ3n) is 3.57. The highest BCUT2D eigenvalue weighted by molar-refractivity contribution is 7.51. The fraction of sp³-hybridized carbons (Fsp3) is 0.471. The SMILES string of the molecule is C=C(/C=C(\C)C(CNc1ccc(C)nc1C)P(C)O)CC. The van der Waals surface area contributed by atoms with E-state index in [4.69, 9.17) is 0 Å². The van der Waals surface area contributed by atoms with Gasteiger partial charge in [0.2, 0.25) is 0 Å². The normalized spacial score (nSPS) is 14.7. The minimum Gasteiger partial charge on any atom is -0.383 e. The summed E-state index contributed by atoms with van der Waals surface area (Å²) in [6, 6.07) is 4.05. The van der Waals surface area contributed by atoms with Gasteiger partial charge in [0.15, 0.2) is 0 Å². The maximum Gasteiger partial charge on any atom is 0.0606 e. The van der Waals surface area contributed by atoms with Crippen molar-refractivity contribution < 1.29 is 4.89 Å². The lowest BCUT2D eigenvalue weighted by Gasteiger charge is -2.22. The number of aromatic nitrogens is 1. The standard InChI is InChI=1S/C17H27N2OP/c1-7-12(2)10-13(3)17(21(6)20)11-18-16-9-8-14(4)19-15(16)5/h8-10,17-18,20H,2,7,11H2,1,3-6H3/b13-10+. The zero-order valence-electron chi connectivity index (χ0n) is 13.8. The largest absolute Gasteiger partial charge is 0.383 e. The van der Waals surface area contributed by atoms with Crippen molar-refractivity contribution in [3.05, 3.63) is 47.3 Å². The Kier molecular flexibility index (Phi) is 7.07. The van der Waals surface area contributed by atoms with Crippen molar-refractivity contribution in [2.75, 3.05) is 18.5 Å². The summed E-state index contributed by atoms with van der Waals surface area (Å²) in [6.07, 6.45) is 3.03. The molecule has 3 nitrogen and oxygen atoms in total. The highest BCUT2D eigenvalue weighted by Crippen LogP contribution is 2.37. The second-order valence-electron chi connectivity index (χ2n) is 5.46. The van der Waals surface area contributed by atoms with Crippen LogP contribution in [0.3, 0.4) is 0 Å². The molecule has 1 aromatic heterocycles. The lowest BCUT2D eigenvalue weighted by Crippen LogP contribution is -2.20. The van der Waals surface area contributed by atoms with Crippen LogP contribution in [-0.4, -0.2) is 28.7 Å². The van der Waals surface area contributed by atoms with Crippen molar-refractivity contribution in [1.82, 2.24) is 4.98 Å². The van der Waals surface area contributed by atoms with Crippen LogP contribution in [0.1, 0.15) is 31.7 Å². The molecule has 2 atom stereocenters. The van der Waals surface area contributed by atoms with E-state index < -0.39 is 8.15 Å². The molecule has 4 heteroatoms. The summed E-state index contributed by atoms with van der Waals surface area (Å²) in [5.74, 6) is 0. The topological polar surface area (TPSA) is 45.2 Å². The molecule has 0 aliphatic carbocycles. The van der Waals surface area contributed by atoms with Gasteiger partial charge in [0, 0.05) is 26.0 Å². The van der Waals surface area contributed by atoms with Crippen LogP contribution in [0.25, 0.3) is 0 Å². The third kappa shape index (κ3) is 5.61. The maximum atomic E-state index is 10.1. The molecule has 0 spiro atoms. The molecule has 0 radical (unpaired) electrons. The van der Waals surface area contributed by atoms with Gasteiger partial charge >= 0.3 is 0 Å². The average molecular weight is 306 g/mol. The van der Waals surface area contributed by atoms with Gasteiger partial charge in [-0.15, -0.1) is 0 Å². The molecule has 1 heterocycles. The van der Waals surface area contributed by atoms with Crippen LogP contribution in [0.5, 0.6) is 0 Å². The molecule has 0 aliphatic heterocycles. The van der Waals surface area contributed by atoms with Gasteiger partial charge in [-0.1, -0.05) is 30.7 Å². The van der Waals surface area contributed by atoms with Crippen molar-refractivity contribution >= 4 is 13.8 Å². The molecular weight excluding hydrogens is 279 g/mol. The van der Waals surface area contributed by atoms with Crippen molar-refractivity contribution in [1.29, 1.82) is 0 Å². The molecule has 0 saturated carbocycles. The van der Waals surface area contributed by atoms with Gasteiger partial charge in [-0.2, -0.15) is 0 Å². The molecule has 1 rings (SSSR count). The fourth-order valence-corrected chi connectivity index (χ4v) is 3.21. The summed E-state index contributed by atoms with van der Waals surface area (Å²) in [7, 11) is -1.04. The van der Waals surface area contributed by atoms with Gasteiger partial charge in [0.25, 0.3) is 0 Å². The number of hydrogen-bond acceptors (Lipinski definition) is 3. The third-order valence-corrected chi connectivity index (χ3v) is 5.07. The summed E-state index contributed by atoms with van der Waals surface area (Å²) in [5.41, 5.74) is 5.45. The molecule has 2 unspecified atom stereocenters. The Morgan fingerprint density at radius 2 is 2.14 bits per heavy atom. The highest BCUT2D eigenvalue weighted by Gasteiger charge is 2.17. The second-order valence-corrected chi connectivity index (χ2v) is 7.23. The first-order valence-corrected chi connectivity index (χ1v) is 9.12. The Balaban J connectivity index is 2.80. The van der Waals surface area contributed by atoms with Gasteiger partial charge in [-0.05, 0) is 46.0 Å². The number of rotatable bonds is 7. The van der Waals surface area contributed by atoms with Crippen LogP contribution < -0.4 is 5.32 Å². The first-order chi connectivity index (χ1) is 9.85. The van der Waals surface area contributed by atoms with Gasteiger partial charge in [-0.25, -0.2) is 0 Å². The molecule has 0 fully saturated rings. The van der Waals surface area contributed by atoms with E-state index in [9.17, 15) is 4.89 Å². The summed E-state index contributed by atoms with van der Waals surface area (Å²) in [6.45, 7) is 14.8. The summed E-state index contributed by atoms with van der Waals surface area (Å²) in [4.78, 5) is 14.6. The maximum absolute atomic E-state index is 10.1. The minimum atomic E-state index is -1.04. The van der Waals surface area contributed by atoms with Crippen LogP contribution in [0.2, 0.25) is 0 Å². The van der Waals surface area contributed by atoms with Crippen molar-refractivity contribution in [3.8, 4) is 0 Å². The van der Waals surface area contributed by atoms with E-state index in [2.05, 4.69) is 36.8 Å².